The van der Waals surface area contributed by atoms with Crippen LogP contribution in [0, 0.1) is 0 Å². The molecule has 9 heteroatoms. The van der Waals surface area contributed by atoms with Crippen LogP contribution in [0.5, 0.6) is 0 Å². The van der Waals surface area contributed by atoms with Gasteiger partial charge in [-0.2, -0.15) is 13.2 Å². The summed E-state index contributed by atoms with van der Waals surface area (Å²) in [5.74, 6) is -1.53. The number of benzene rings is 1. The second kappa shape index (κ2) is 5.47. The Morgan fingerprint density at radius 1 is 1.38 bits per heavy atom. The van der Waals surface area contributed by atoms with Gasteiger partial charge in [0.25, 0.3) is 5.82 Å². The number of carboxylic acids is 1. The molecule has 0 atom stereocenters. The van der Waals surface area contributed by atoms with Crippen molar-refractivity contribution >= 4 is 21.9 Å². The van der Waals surface area contributed by atoms with E-state index in [1.165, 1.54) is 6.07 Å². The van der Waals surface area contributed by atoms with Crippen LogP contribution in [0.2, 0.25) is 0 Å². The number of nitrogens with zero attached hydrogens (tertiary/aromatic N) is 3. The van der Waals surface area contributed by atoms with Gasteiger partial charge in [0.2, 0.25) is 0 Å². The maximum atomic E-state index is 12.8. The molecule has 1 aromatic heterocycles. The van der Waals surface area contributed by atoms with E-state index in [-0.39, 0.29) is 16.0 Å². The van der Waals surface area contributed by atoms with Crippen LogP contribution in [-0.4, -0.2) is 25.8 Å². The molecule has 0 unspecified atom stereocenters. The van der Waals surface area contributed by atoms with Gasteiger partial charge in [0, 0.05) is 10.9 Å². The summed E-state index contributed by atoms with van der Waals surface area (Å²) in [4.78, 5) is 14.7. The SMILES string of the molecule is CCc1nc(C(=O)O)nn1-c1cc(Br)cc(C(F)(F)F)c1. The van der Waals surface area contributed by atoms with Crippen molar-refractivity contribution in [2.75, 3.05) is 0 Å². The van der Waals surface area contributed by atoms with Gasteiger partial charge in [0.1, 0.15) is 5.82 Å². The highest BCUT2D eigenvalue weighted by molar-refractivity contribution is 9.10. The van der Waals surface area contributed by atoms with Crippen LogP contribution < -0.4 is 0 Å². The largest absolute Gasteiger partial charge is 0.475 e. The van der Waals surface area contributed by atoms with Crippen molar-refractivity contribution in [3.05, 3.63) is 39.9 Å². The zero-order chi connectivity index (χ0) is 15.8. The number of halogens is 4. The zero-order valence-electron chi connectivity index (χ0n) is 10.6. The smallest absolute Gasteiger partial charge is 0.416 e. The monoisotopic (exact) mass is 363 g/mol. The molecule has 5 nitrogen and oxygen atoms in total. The number of rotatable bonds is 3. The summed E-state index contributed by atoms with van der Waals surface area (Å²) in [5.41, 5.74) is -0.769. The van der Waals surface area contributed by atoms with Crippen LogP contribution >= 0.6 is 15.9 Å². The maximum absolute atomic E-state index is 12.8. The minimum absolute atomic E-state index is 0.0913. The quantitative estimate of drug-likeness (QED) is 0.908. The van der Waals surface area contributed by atoms with Gasteiger partial charge in [-0.15, -0.1) is 5.10 Å². The maximum Gasteiger partial charge on any atom is 0.416 e. The van der Waals surface area contributed by atoms with E-state index in [2.05, 4.69) is 26.0 Å². The van der Waals surface area contributed by atoms with Crippen LogP contribution in [-0.2, 0) is 12.6 Å². The first-order valence-electron chi connectivity index (χ1n) is 5.79. The Hall–Kier alpha value is -1.90. The van der Waals surface area contributed by atoms with Gasteiger partial charge in [-0.3, -0.25) is 0 Å². The summed E-state index contributed by atoms with van der Waals surface area (Å²) in [6.07, 6.45) is -4.19. The van der Waals surface area contributed by atoms with E-state index in [0.29, 0.717) is 6.42 Å². The number of carbonyl (C=O) groups is 1. The molecule has 0 fully saturated rings. The minimum Gasteiger partial charge on any atom is -0.475 e. The molecule has 0 bridgehead atoms. The van der Waals surface area contributed by atoms with Crippen molar-refractivity contribution in [2.45, 2.75) is 19.5 Å². The Morgan fingerprint density at radius 2 is 2.05 bits per heavy atom. The van der Waals surface area contributed by atoms with Gasteiger partial charge in [-0.25, -0.2) is 14.5 Å². The topological polar surface area (TPSA) is 68.0 Å². The highest BCUT2D eigenvalue weighted by Crippen LogP contribution is 2.33. The number of hydrogen-bond acceptors (Lipinski definition) is 3. The van der Waals surface area contributed by atoms with Crippen molar-refractivity contribution in [3.63, 3.8) is 0 Å². The van der Waals surface area contributed by atoms with E-state index in [1.807, 2.05) is 0 Å². The summed E-state index contributed by atoms with van der Waals surface area (Å²) in [6, 6.07) is 3.24. The minimum atomic E-state index is -4.51. The fraction of sp³-hybridized carbons (Fsp3) is 0.250. The van der Waals surface area contributed by atoms with E-state index in [0.717, 1.165) is 16.8 Å². The highest BCUT2D eigenvalue weighted by Gasteiger charge is 2.31. The van der Waals surface area contributed by atoms with E-state index in [9.17, 15) is 18.0 Å². The molecule has 0 aliphatic rings. The van der Waals surface area contributed by atoms with Crippen molar-refractivity contribution in [1.29, 1.82) is 0 Å². The molecule has 0 aliphatic heterocycles. The first kappa shape index (κ1) is 15.5. The van der Waals surface area contributed by atoms with Crippen molar-refractivity contribution in [2.24, 2.45) is 0 Å². The molecule has 0 saturated heterocycles. The van der Waals surface area contributed by atoms with Crippen LogP contribution in [0.25, 0.3) is 5.69 Å². The predicted molar refractivity (Wildman–Crippen MR) is 70.4 cm³/mol. The fourth-order valence-electron chi connectivity index (χ4n) is 1.73. The zero-order valence-corrected chi connectivity index (χ0v) is 12.2. The van der Waals surface area contributed by atoms with E-state index < -0.39 is 23.5 Å². The third kappa shape index (κ3) is 3.23. The van der Waals surface area contributed by atoms with Gasteiger partial charge in [0.15, 0.2) is 0 Å². The normalized spacial score (nSPS) is 11.7. The van der Waals surface area contributed by atoms with Gasteiger partial charge in [-0.1, -0.05) is 22.9 Å². The number of aromatic carboxylic acids is 1. The summed E-state index contributed by atoms with van der Waals surface area (Å²) < 4.78 is 39.8. The Balaban J connectivity index is 2.61. The van der Waals surface area contributed by atoms with Crippen LogP contribution in [0.3, 0.4) is 0 Å². The Kier molecular flexibility index (Phi) is 4.04. The summed E-state index contributed by atoms with van der Waals surface area (Å²) >= 11 is 3.01. The Bertz CT molecular complexity index is 698. The molecular weight excluding hydrogens is 355 g/mol. The number of alkyl halides is 3. The third-order valence-corrected chi connectivity index (χ3v) is 3.09. The van der Waals surface area contributed by atoms with Crippen LogP contribution in [0.4, 0.5) is 13.2 Å². The first-order valence-corrected chi connectivity index (χ1v) is 6.59. The molecule has 2 rings (SSSR count). The Labute approximate surface area is 125 Å². The molecular formula is C12H9BrF3N3O2. The van der Waals surface area contributed by atoms with Gasteiger partial charge in [-0.05, 0) is 18.2 Å². The molecule has 112 valence electrons. The predicted octanol–water partition coefficient (Wildman–Crippen LogP) is 3.31. The number of aryl methyl sites for hydroxylation is 1. The first-order chi connectivity index (χ1) is 9.72. The average Bonchev–Trinajstić information content (AvgIpc) is 2.81. The lowest BCUT2D eigenvalue weighted by molar-refractivity contribution is -0.137. The lowest BCUT2D eigenvalue weighted by Crippen LogP contribution is -2.08. The van der Waals surface area contributed by atoms with E-state index in [4.69, 9.17) is 5.11 Å². The van der Waals surface area contributed by atoms with E-state index in [1.54, 1.807) is 6.92 Å². The fourth-order valence-corrected chi connectivity index (χ4v) is 2.21. The number of hydrogen-bond donors (Lipinski definition) is 1. The van der Waals surface area contributed by atoms with Crippen molar-refractivity contribution in [3.8, 4) is 5.69 Å². The van der Waals surface area contributed by atoms with Crippen molar-refractivity contribution < 1.29 is 23.1 Å². The molecule has 0 saturated carbocycles. The molecule has 1 aromatic carbocycles. The molecule has 2 aromatic rings. The number of carboxylic acid groups (broad SMARTS) is 1. The van der Waals surface area contributed by atoms with Crippen LogP contribution in [0.1, 0.15) is 28.9 Å². The summed E-state index contributed by atoms with van der Waals surface area (Å²) in [5, 5.41) is 12.6. The van der Waals surface area contributed by atoms with Gasteiger partial charge < -0.3 is 5.11 Å². The standard InChI is InChI=1S/C12H9BrF3N3O2/c1-2-9-17-10(11(20)21)18-19(9)8-4-6(12(14,15)16)3-7(13)5-8/h3-5H,2H2,1H3,(H,20,21). The molecule has 0 spiro atoms. The Morgan fingerprint density at radius 3 is 2.57 bits per heavy atom. The summed E-state index contributed by atoms with van der Waals surface area (Å²) in [7, 11) is 0. The van der Waals surface area contributed by atoms with Crippen LogP contribution in [0.15, 0.2) is 22.7 Å². The molecule has 1 heterocycles. The second-order valence-electron chi connectivity index (χ2n) is 4.12. The average molecular weight is 364 g/mol. The molecule has 1 N–H and O–H groups in total. The summed E-state index contributed by atoms with van der Waals surface area (Å²) in [6.45, 7) is 1.70. The van der Waals surface area contributed by atoms with E-state index >= 15 is 0 Å². The number of aromatic nitrogens is 3. The van der Waals surface area contributed by atoms with Crippen molar-refractivity contribution in [1.82, 2.24) is 14.8 Å². The van der Waals surface area contributed by atoms with Gasteiger partial charge >= 0.3 is 12.1 Å². The lowest BCUT2D eigenvalue weighted by atomic mass is 10.2. The highest BCUT2D eigenvalue weighted by atomic mass is 79.9. The molecule has 0 aliphatic carbocycles. The van der Waals surface area contributed by atoms with Gasteiger partial charge in [0.05, 0.1) is 11.3 Å². The molecule has 0 radical (unpaired) electrons. The molecule has 21 heavy (non-hydrogen) atoms. The lowest BCUT2D eigenvalue weighted by Gasteiger charge is -2.11. The molecule has 0 amide bonds. The second-order valence-corrected chi connectivity index (χ2v) is 5.03. The third-order valence-electron chi connectivity index (χ3n) is 2.64.